The molecule has 0 aromatic heterocycles. The summed E-state index contributed by atoms with van der Waals surface area (Å²) in [4.78, 5) is 9.99. The van der Waals surface area contributed by atoms with E-state index in [0.717, 1.165) is 16.3 Å². The molecule has 0 amide bonds. The normalized spacial score (nSPS) is 10.3. The molecule has 0 saturated carbocycles. The largest absolute Gasteiger partial charge is 0.299 e. The molecule has 0 aliphatic rings. The van der Waals surface area contributed by atoms with Crippen molar-refractivity contribution in [1.82, 2.24) is 0 Å². The smallest absolute Gasteiger partial charge is 0.142 e. The van der Waals surface area contributed by atoms with Crippen LogP contribution in [0.1, 0.15) is 5.56 Å². The van der Waals surface area contributed by atoms with Crippen LogP contribution in [0.5, 0.6) is 0 Å². The van der Waals surface area contributed by atoms with Gasteiger partial charge in [0.1, 0.15) is 6.29 Å². The molecular formula is C9H7BrO. The number of halogens is 1. The monoisotopic (exact) mass is 210 g/mol. The first-order valence-electron chi connectivity index (χ1n) is 3.21. The van der Waals surface area contributed by atoms with Crippen LogP contribution in [0.4, 0.5) is 0 Å². The van der Waals surface area contributed by atoms with Gasteiger partial charge in [-0.25, -0.2) is 0 Å². The van der Waals surface area contributed by atoms with Crippen molar-refractivity contribution in [3.8, 4) is 0 Å². The first kappa shape index (κ1) is 8.21. The average molecular weight is 211 g/mol. The van der Waals surface area contributed by atoms with Gasteiger partial charge in [0, 0.05) is 4.47 Å². The first-order valence-corrected chi connectivity index (χ1v) is 4.00. The molecule has 1 nitrogen and oxygen atoms in total. The third-order valence-electron chi connectivity index (χ3n) is 1.26. The molecule has 0 spiro atoms. The fraction of sp³-hybridized carbons (Fsp3) is 0. The third kappa shape index (κ3) is 2.31. The van der Waals surface area contributed by atoms with Crippen LogP contribution >= 0.6 is 15.9 Å². The van der Waals surface area contributed by atoms with Crippen LogP contribution in [0.15, 0.2) is 34.8 Å². The minimum atomic E-state index is 0.763. The molecule has 1 aromatic rings. The maximum Gasteiger partial charge on any atom is 0.142 e. The van der Waals surface area contributed by atoms with Crippen molar-refractivity contribution in [2.75, 3.05) is 0 Å². The number of aldehydes is 1. The minimum absolute atomic E-state index is 0.763. The second-order valence-electron chi connectivity index (χ2n) is 2.02. The van der Waals surface area contributed by atoms with Crippen LogP contribution in [-0.2, 0) is 4.79 Å². The molecule has 0 atom stereocenters. The molecule has 0 heterocycles. The summed E-state index contributed by atoms with van der Waals surface area (Å²) in [5.74, 6) is 0. The van der Waals surface area contributed by atoms with Gasteiger partial charge in [-0.3, -0.25) is 4.79 Å². The Kier molecular flexibility index (Phi) is 3.05. The van der Waals surface area contributed by atoms with Gasteiger partial charge in [0.25, 0.3) is 0 Å². The number of benzene rings is 1. The molecule has 0 saturated heterocycles. The molecule has 0 aliphatic carbocycles. The third-order valence-corrected chi connectivity index (χ3v) is 1.98. The van der Waals surface area contributed by atoms with E-state index in [1.165, 1.54) is 6.08 Å². The Hall–Kier alpha value is -0.890. The van der Waals surface area contributed by atoms with Gasteiger partial charge in [-0.1, -0.05) is 40.2 Å². The second kappa shape index (κ2) is 4.09. The van der Waals surface area contributed by atoms with Crippen molar-refractivity contribution in [3.05, 3.63) is 40.4 Å². The van der Waals surface area contributed by atoms with Crippen LogP contribution in [-0.4, -0.2) is 6.29 Å². The zero-order valence-corrected chi connectivity index (χ0v) is 7.41. The van der Waals surface area contributed by atoms with E-state index in [9.17, 15) is 4.79 Å². The van der Waals surface area contributed by atoms with Crippen molar-refractivity contribution in [3.63, 3.8) is 0 Å². The van der Waals surface area contributed by atoms with Crippen LogP contribution < -0.4 is 0 Å². The standard InChI is InChI=1S/C9H7BrO/c10-9-6-2-1-4-8(9)5-3-7-11/h1-7H/b5-3-. The summed E-state index contributed by atoms with van der Waals surface area (Å²) in [7, 11) is 0. The summed E-state index contributed by atoms with van der Waals surface area (Å²) >= 11 is 3.36. The molecule has 11 heavy (non-hydrogen) atoms. The van der Waals surface area contributed by atoms with E-state index in [1.807, 2.05) is 24.3 Å². The summed E-state index contributed by atoms with van der Waals surface area (Å²) < 4.78 is 0.998. The zero-order chi connectivity index (χ0) is 8.10. The van der Waals surface area contributed by atoms with Gasteiger partial charge in [-0.2, -0.15) is 0 Å². The Balaban J connectivity index is 2.94. The molecule has 0 aliphatic heterocycles. The van der Waals surface area contributed by atoms with Crippen LogP contribution in [0.25, 0.3) is 6.08 Å². The molecule has 1 aromatic carbocycles. The summed E-state index contributed by atoms with van der Waals surface area (Å²) in [6, 6.07) is 7.73. The van der Waals surface area contributed by atoms with E-state index in [4.69, 9.17) is 0 Å². The number of rotatable bonds is 2. The predicted molar refractivity (Wildman–Crippen MR) is 49.2 cm³/mol. The molecule has 1 rings (SSSR count). The fourth-order valence-corrected chi connectivity index (χ4v) is 1.17. The summed E-state index contributed by atoms with van der Waals surface area (Å²) in [6.07, 6.45) is 4.00. The molecule has 0 bridgehead atoms. The Morgan fingerprint density at radius 3 is 2.64 bits per heavy atom. The minimum Gasteiger partial charge on any atom is -0.299 e. The lowest BCUT2D eigenvalue weighted by molar-refractivity contribution is -0.104. The highest BCUT2D eigenvalue weighted by atomic mass is 79.9. The Morgan fingerprint density at radius 2 is 2.00 bits per heavy atom. The molecule has 0 unspecified atom stereocenters. The van der Waals surface area contributed by atoms with Crippen LogP contribution in [0, 0.1) is 0 Å². The molecule has 0 radical (unpaired) electrons. The highest BCUT2D eigenvalue weighted by Crippen LogP contribution is 2.16. The lowest BCUT2D eigenvalue weighted by Gasteiger charge is -1.94. The summed E-state index contributed by atoms with van der Waals surface area (Å²) in [5, 5.41) is 0. The highest BCUT2D eigenvalue weighted by Gasteiger charge is 1.90. The molecule has 2 heteroatoms. The second-order valence-corrected chi connectivity index (χ2v) is 2.87. The number of carbonyl (C=O) groups excluding carboxylic acids is 1. The lowest BCUT2D eigenvalue weighted by Crippen LogP contribution is -1.72. The topological polar surface area (TPSA) is 17.1 Å². The zero-order valence-electron chi connectivity index (χ0n) is 5.83. The van der Waals surface area contributed by atoms with E-state index in [1.54, 1.807) is 6.08 Å². The van der Waals surface area contributed by atoms with Gasteiger partial charge in [0.2, 0.25) is 0 Å². The van der Waals surface area contributed by atoms with Crippen LogP contribution in [0.3, 0.4) is 0 Å². The first-order chi connectivity index (χ1) is 5.34. The quantitative estimate of drug-likeness (QED) is 0.542. The highest BCUT2D eigenvalue weighted by molar-refractivity contribution is 9.10. The van der Waals surface area contributed by atoms with E-state index < -0.39 is 0 Å². The van der Waals surface area contributed by atoms with Crippen molar-refractivity contribution >= 4 is 28.3 Å². The van der Waals surface area contributed by atoms with Gasteiger partial charge < -0.3 is 0 Å². The maximum atomic E-state index is 9.99. The number of hydrogen-bond acceptors (Lipinski definition) is 1. The van der Waals surface area contributed by atoms with Gasteiger partial charge in [0.05, 0.1) is 0 Å². The predicted octanol–water partition coefficient (Wildman–Crippen LogP) is 2.66. The summed E-state index contributed by atoms with van der Waals surface area (Å²) in [5.41, 5.74) is 1.01. The van der Waals surface area contributed by atoms with E-state index >= 15 is 0 Å². The maximum absolute atomic E-state index is 9.99. The Labute approximate surface area is 73.9 Å². The molecule has 0 fully saturated rings. The van der Waals surface area contributed by atoms with Crippen molar-refractivity contribution in [2.24, 2.45) is 0 Å². The van der Waals surface area contributed by atoms with Gasteiger partial charge in [0.15, 0.2) is 0 Å². The van der Waals surface area contributed by atoms with E-state index in [-0.39, 0.29) is 0 Å². The van der Waals surface area contributed by atoms with Gasteiger partial charge in [-0.15, -0.1) is 0 Å². The molecular weight excluding hydrogens is 204 g/mol. The average Bonchev–Trinajstić information content (AvgIpc) is 2.03. The van der Waals surface area contributed by atoms with E-state index in [0.29, 0.717) is 0 Å². The van der Waals surface area contributed by atoms with Crippen molar-refractivity contribution < 1.29 is 4.79 Å². The Bertz CT molecular complexity index is 279. The molecule has 0 N–H and O–H groups in total. The number of hydrogen-bond donors (Lipinski definition) is 0. The van der Waals surface area contributed by atoms with Gasteiger partial charge in [-0.05, 0) is 17.7 Å². The van der Waals surface area contributed by atoms with Crippen molar-refractivity contribution in [1.29, 1.82) is 0 Å². The summed E-state index contributed by atoms with van der Waals surface area (Å²) in [6.45, 7) is 0. The van der Waals surface area contributed by atoms with E-state index in [2.05, 4.69) is 15.9 Å². The van der Waals surface area contributed by atoms with Crippen LogP contribution in [0.2, 0.25) is 0 Å². The van der Waals surface area contributed by atoms with Gasteiger partial charge >= 0.3 is 0 Å². The number of allylic oxidation sites excluding steroid dienone is 1. The lowest BCUT2D eigenvalue weighted by atomic mass is 10.2. The van der Waals surface area contributed by atoms with Crippen molar-refractivity contribution in [2.45, 2.75) is 0 Å². The molecule has 56 valence electrons. The number of carbonyl (C=O) groups is 1. The Morgan fingerprint density at radius 1 is 1.27 bits per heavy atom. The fourth-order valence-electron chi connectivity index (χ4n) is 0.753. The SMILES string of the molecule is O=C/C=C\c1ccccc1Br.